The molecule has 1 amide bonds. The van der Waals surface area contributed by atoms with Gasteiger partial charge in [-0.05, 0) is 51.0 Å². The minimum absolute atomic E-state index is 0.0420. The van der Waals surface area contributed by atoms with Crippen LogP contribution < -0.4 is 14.8 Å². The number of carbonyl (C=O) groups is 2. The van der Waals surface area contributed by atoms with Crippen molar-refractivity contribution >= 4 is 17.6 Å². The zero-order valence-corrected chi connectivity index (χ0v) is 15.9. The van der Waals surface area contributed by atoms with Gasteiger partial charge < -0.3 is 19.5 Å². The van der Waals surface area contributed by atoms with E-state index in [1.54, 1.807) is 18.2 Å². The van der Waals surface area contributed by atoms with Gasteiger partial charge in [-0.2, -0.15) is 0 Å². The van der Waals surface area contributed by atoms with Gasteiger partial charge in [0.15, 0.2) is 17.6 Å². The minimum atomic E-state index is -0.960. The number of esters is 1. The number of anilines is 1. The van der Waals surface area contributed by atoms with Gasteiger partial charge in [0, 0.05) is 5.69 Å². The van der Waals surface area contributed by atoms with Crippen molar-refractivity contribution in [1.29, 1.82) is 0 Å². The van der Waals surface area contributed by atoms with Crippen LogP contribution in [0.2, 0.25) is 0 Å². The van der Waals surface area contributed by atoms with E-state index in [4.69, 9.17) is 14.2 Å². The van der Waals surface area contributed by atoms with Crippen LogP contribution in [0.1, 0.15) is 23.6 Å². The molecule has 1 aliphatic heterocycles. The van der Waals surface area contributed by atoms with Crippen molar-refractivity contribution in [3.05, 3.63) is 53.1 Å². The van der Waals surface area contributed by atoms with Crippen LogP contribution in [0.4, 0.5) is 5.69 Å². The molecule has 0 aromatic heterocycles. The molecule has 0 saturated heterocycles. The molecule has 2 aromatic rings. The van der Waals surface area contributed by atoms with Gasteiger partial charge in [-0.15, -0.1) is 0 Å². The van der Waals surface area contributed by atoms with Crippen LogP contribution in [0.25, 0.3) is 0 Å². The summed E-state index contributed by atoms with van der Waals surface area (Å²) in [5.74, 6) is 0.0337. The summed E-state index contributed by atoms with van der Waals surface area (Å²) < 4.78 is 16.4. The topological polar surface area (TPSA) is 73.9 Å². The first kappa shape index (κ1) is 18.8. The van der Waals surface area contributed by atoms with Crippen molar-refractivity contribution in [1.82, 2.24) is 0 Å². The largest absolute Gasteiger partial charge is 0.485 e. The fraction of sp³-hybridized carbons (Fsp3) is 0.333. The highest BCUT2D eigenvalue weighted by Gasteiger charge is 2.31. The lowest BCUT2D eigenvalue weighted by Crippen LogP contribution is -2.41. The quantitative estimate of drug-likeness (QED) is 0.837. The number of hydrogen-bond donors (Lipinski definition) is 1. The van der Waals surface area contributed by atoms with Gasteiger partial charge >= 0.3 is 5.97 Å². The first-order valence-corrected chi connectivity index (χ1v) is 8.83. The summed E-state index contributed by atoms with van der Waals surface area (Å²) in [5, 5.41) is 2.84. The average Bonchev–Trinajstić information content (AvgIpc) is 2.63. The molecule has 0 fully saturated rings. The number of aryl methyl sites for hydroxylation is 3. The molecule has 1 aliphatic rings. The van der Waals surface area contributed by atoms with Crippen molar-refractivity contribution in [2.75, 3.05) is 11.9 Å². The van der Waals surface area contributed by atoms with Crippen molar-refractivity contribution in [2.24, 2.45) is 0 Å². The zero-order valence-electron chi connectivity index (χ0n) is 15.9. The summed E-state index contributed by atoms with van der Waals surface area (Å²) in [7, 11) is 0. The van der Waals surface area contributed by atoms with Crippen LogP contribution in [0.5, 0.6) is 11.5 Å². The van der Waals surface area contributed by atoms with E-state index < -0.39 is 24.1 Å². The highest BCUT2D eigenvalue weighted by molar-refractivity contribution is 5.96. The molecule has 0 unspecified atom stereocenters. The Morgan fingerprint density at radius 3 is 2.41 bits per heavy atom. The van der Waals surface area contributed by atoms with Gasteiger partial charge in [0.2, 0.25) is 6.10 Å². The van der Waals surface area contributed by atoms with E-state index in [0.717, 1.165) is 22.4 Å². The number of carbonyl (C=O) groups excluding carboxylic acids is 2. The molecule has 1 N–H and O–H groups in total. The number of fused-ring (bicyclic) bond motifs is 1. The maximum atomic E-state index is 12.5. The number of amides is 1. The molecule has 1 heterocycles. The fourth-order valence-corrected chi connectivity index (χ4v) is 3.04. The number of benzene rings is 2. The smallest absolute Gasteiger partial charge is 0.351 e. The van der Waals surface area contributed by atoms with Crippen molar-refractivity contribution in [2.45, 2.75) is 39.9 Å². The van der Waals surface area contributed by atoms with Crippen molar-refractivity contribution in [3.8, 4) is 11.5 Å². The Kier molecular flexibility index (Phi) is 5.35. The Balaban J connectivity index is 1.61. The molecule has 142 valence electrons. The van der Waals surface area contributed by atoms with Gasteiger partial charge in [0.1, 0.15) is 6.61 Å². The van der Waals surface area contributed by atoms with E-state index in [9.17, 15) is 9.59 Å². The summed E-state index contributed by atoms with van der Waals surface area (Å²) in [4.78, 5) is 24.8. The molecule has 0 spiro atoms. The first-order chi connectivity index (χ1) is 12.8. The van der Waals surface area contributed by atoms with Crippen LogP contribution in [-0.4, -0.2) is 30.7 Å². The number of hydrogen-bond acceptors (Lipinski definition) is 5. The molecule has 27 heavy (non-hydrogen) atoms. The predicted molar refractivity (Wildman–Crippen MR) is 101 cm³/mol. The lowest BCUT2D eigenvalue weighted by atomic mass is 10.0. The Hall–Kier alpha value is -3.02. The number of rotatable bonds is 4. The third-order valence-corrected chi connectivity index (χ3v) is 4.36. The lowest BCUT2D eigenvalue weighted by molar-refractivity contribution is -0.162. The van der Waals surface area contributed by atoms with Crippen LogP contribution in [0.3, 0.4) is 0 Å². The lowest BCUT2D eigenvalue weighted by Gasteiger charge is -2.26. The highest BCUT2D eigenvalue weighted by atomic mass is 16.6. The van der Waals surface area contributed by atoms with E-state index in [2.05, 4.69) is 5.32 Å². The molecule has 0 saturated carbocycles. The van der Waals surface area contributed by atoms with Crippen molar-refractivity contribution < 1.29 is 23.8 Å². The van der Waals surface area contributed by atoms with Crippen LogP contribution in [0.15, 0.2) is 36.4 Å². The Morgan fingerprint density at radius 2 is 1.74 bits per heavy atom. The average molecular weight is 369 g/mol. The van der Waals surface area contributed by atoms with Gasteiger partial charge in [-0.25, -0.2) is 4.79 Å². The summed E-state index contributed by atoms with van der Waals surface area (Å²) >= 11 is 0. The monoisotopic (exact) mass is 369 g/mol. The molecule has 6 heteroatoms. The first-order valence-electron chi connectivity index (χ1n) is 8.83. The maximum absolute atomic E-state index is 12.5. The summed E-state index contributed by atoms with van der Waals surface area (Å²) in [6.07, 6.45) is -1.86. The predicted octanol–water partition coefficient (Wildman–Crippen LogP) is 3.32. The Bertz CT molecular complexity index is 854. The Labute approximate surface area is 158 Å². The van der Waals surface area contributed by atoms with Crippen LogP contribution >= 0.6 is 0 Å². The van der Waals surface area contributed by atoms with E-state index in [-0.39, 0.29) is 6.61 Å². The van der Waals surface area contributed by atoms with E-state index in [1.807, 2.05) is 39.0 Å². The third kappa shape index (κ3) is 4.22. The summed E-state index contributed by atoms with van der Waals surface area (Å²) in [6, 6.07) is 11.1. The normalized spacial score (nSPS) is 16.4. The van der Waals surface area contributed by atoms with Crippen LogP contribution in [-0.2, 0) is 14.3 Å². The minimum Gasteiger partial charge on any atom is -0.485 e. The van der Waals surface area contributed by atoms with Gasteiger partial charge in [0.05, 0.1) is 0 Å². The van der Waals surface area contributed by atoms with Gasteiger partial charge in [-0.3, -0.25) is 4.79 Å². The zero-order chi connectivity index (χ0) is 19.6. The molecule has 3 rings (SSSR count). The standard InChI is InChI=1S/C21H23NO5/c1-12-9-13(2)19(14(3)10-12)22-20(23)15(4)26-21(24)18-11-25-16-7-5-6-8-17(16)27-18/h5-10,15,18H,11H2,1-4H3,(H,22,23)/t15-,18+/m0/s1. The number of para-hydroxylation sites is 2. The SMILES string of the molecule is Cc1cc(C)c(NC(=O)[C@H](C)OC(=O)[C@H]2COc3ccccc3O2)c(C)c1. The summed E-state index contributed by atoms with van der Waals surface area (Å²) in [5.41, 5.74) is 3.77. The highest BCUT2D eigenvalue weighted by Crippen LogP contribution is 2.31. The molecular weight excluding hydrogens is 346 g/mol. The van der Waals surface area contributed by atoms with E-state index in [1.165, 1.54) is 6.92 Å². The number of nitrogens with one attached hydrogen (secondary N) is 1. The fourth-order valence-electron chi connectivity index (χ4n) is 3.04. The van der Waals surface area contributed by atoms with Gasteiger partial charge in [0.25, 0.3) is 5.91 Å². The van der Waals surface area contributed by atoms with Crippen LogP contribution in [0, 0.1) is 20.8 Å². The second-order valence-electron chi connectivity index (χ2n) is 6.71. The molecule has 2 atom stereocenters. The molecule has 0 radical (unpaired) electrons. The Morgan fingerprint density at radius 1 is 1.11 bits per heavy atom. The summed E-state index contributed by atoms with van der Waals surface area (Å²) in [6.45, 7) is 7.43. The molecule has 0 bridgehead atoms. The second kappa shape index (κ2) is 7.70. The molecule has 0 aliphatic carbocycles. The second-order valence-corrected chi connectivity index (χ2v) is 6.71. The van der Waals surface area contributed by atoms with Crippen molar-refractivity contribution in [3.63, 3.8) is 0 Å². The van der Waals surface area contributed by atoms with E-state index >= 15 is 0 Å². The molecular formula is C21H23NO5. The molecule has 6 nitrogen and oxygen atoms in total. The number of ether oxygens (including phenoxy) is 3. The maximum Gasteiger partial charge on any atom is 0.351 e. The third-order valence-electron chi connectivity index (χ3n) is 4.36. The van der Waals surface area contributed by atoms with Gasteiger partial charge in [-0.1, -0.05) is 29.8 Å². The van der Waals surface area contributed by atoms with E-state index in [0.29, 0.717) is 11.5 Å². The molecule has 2 aromatic carbocycles.